The van der Waals surface area contributed by atoms with Gasteiger partial charge in [0.05, 0.1) is 17.5 Å². The van der Waals surface area contributed by atoms with E-state index in [1.807, 2.05) is 6.07 Å². The summed E-state index contributed by atoms with van der Waals surface area (Å²) >= 11 is 6.39. The van der Waals surface area contributed by atoms with Crippen LogP contribution in [0.4, 0.5) is 5.69 Å². The van der Waals surface area contributed by atoms with E-state index < -0.39 is 10.0 Å². The van der Waals surface area contributed by atoms with Gasteiger partial charge >= 0.3 is 0 Å². The lowest BCUT2D eigenvalue weighted by molar-refractivity contribution is -0.132. The van der Waals surface area contributed by atoms with Gasteiger partial charge < -0.3 is 15.4 Å². The van der Waals surface area contributed by atoms with Gasteiger partial charge in [-0.3, -0.25) is 9.69 Å². The van der Waals surface area contributed by atoms with Crippen molar-refractivity contribution in [1.82, 2.24) is 14.5 Å². The highest BCUT2D eigenvalue weighted by Crippen LogP contribution is 2.44. The minimum absolute atomic E-state index is 0.0762. The molecular weight excluding hydrogens is 562 g/mol. The van der Waals surface area contributed by atoms with Crippen LogP contribution in [-0.2, 0) is 21.2 Å². The maximum atomic E-state index is 13.1. The number of nitrogens with one attached hydrogen (secondary N) is 1. The summed E-state index contributed by atoms with van der Waals surface area (Å²) in [6.45, 7) is 11.2. The van der Waals surface area contributed by atoms with Gasteiger partial charge in [0.1, 0.15) is 11.9 Å². The maximum absolute atomic E-state index is 13.1. The normalized spacial score (nSPS) is 21.8. The molecule has 220 valence electrons. The van der Waals surface area contributed by atoms with E-state index in [1.54, 1.807) is 35.2 Å². The van der Waals surface area contributed by atoms with Crippen LogP contribution in [0.25, 0.3) is 4.85 Å². The van der Waals surface area contributed by atoms with Gasteiger partial charge in [-0.1, -0.05) is 18.0 Å². The molecule has 3 aliphatic rings. The van der Waals surface area contributed by atoms with Crippen LogP contribution in [0, 0.1) is 6.57 Å². The summed E-state index contributed by atoms with van der Waals surface area (Å²) in [6, 6.07) is 10.0. The molecule has 2 fully saturated rings. The second-order valence-electron chi connectivity index (χ2n) is 11.2. The number of benzene rings is 2. The van der Waals surface area contributed by atoms with E-state index >= 15 is 0 Å². The number of hydrogen-bond donors (Lipinski definition) is 2. The topological polar surface area (TPSA) is 109 Å². The van der Waals surface area contributed by atoms with Crippen molar-refractivity contribution in [1.29, 1.82) is 0 Å². The molecule has 2 aromatic rings. The zero-order chi connectivity index (χ0) is 29.0. The summed E-state index contributed by atoms with van der Waals surface area (Å²) in [6.07, 6.45) is 6.15. The molecule has 0 radical (unpaired) electrons. The second-order valence-corrected chi connectivity index (χ2v) is 13.3. The van der Waals surface area contributed by atoms with E-state index in [4.69, 9.17) is 28.6 Å². The molecule has 0 saturated carbocycles. The summed E-state index contributed by atoms with van der Waals surface area (Å²) in [5.41, 5.74) is 7.99. The van der Waals surface area contributed by atoms with Crippen LogP contribution in [-0.4, -0.2) is 68.9 Å². The molecule has 1 amide bonds. The molecule has 3 N–H and O–H groups in total. The molecule has 2 atom stereocenters. The number of sulfonamides is 1. The molecule has 0 spiro atoms. The number of carbonyl (C=O) groups excluding carboxylic acids is 1. The minimum atomic E-state index is -3.73. The second kappa shape index (κ2) is 13.1. The third-order valence-electron chi connectivity index (χ3n) is 8.44. The van der Waals surface area contributed by atoms with E-state index in [0.717, 1.165) is 43.5 Å². The Labute approximate surface area is 247 Å². The number of hydrogen-bond acceptors (Lipinski definition) is 6. The van der Waals surface area contributed by atoms with Crippen LogP contribution < -0.4 is 15.2 Å². The molecule has 11 heteroatoms. The monoisotopic (exact) mass is 599 g/mol. The lowest BCUT2D eigenvalue weighted by Gasteiger charge is -2.36. The Kier molecular flexibility index (Phi) is 9.52. The summed E-state index contributed by atoms with van der Waals surface area (Å²) in [5.74, 6) is 0.643. The number of fused-ring (bicyclic) bond motifs is 1. The highest BCUT2D eigenvalue weighted by atomic mass is 35.5. The average molecular weight is 600 g/mol. The number of ether oxygens (including phenoxy) is 1. The predicted molar refractivity (Wildman–Crippen MR) is 159 cm³/mol. The van der Waals surface area contributed by atoms with Crippen LogP contribution >= 0.6 is 11.6 Å². The summed E-state index contributed by atoms with van der Waals surface area (Å²) in [7, 11) is -3.73. The first-order valence-corrected chi connectivity index (χ1v) is 16.4. The third-order valence-corrected chi connectivity index (χ3v) is 10.2. The highest BCUT2D eigenvalue weighted by Gasteiger charge is 2.40. The van der Waals surface area contributed by atoms with Crippen LogP contribution in [0.1, 0.15) is 62.2 Å². The molecule has 41 heavy (non-hydrogen) atoms. The minimum Gasteiger partial charge on any atom is -0.484 e. The number of nitrogens with two attached hydrogens (primary N) is 1. The van der Waals surface area contributed by atoms with Gasteiger partial charge in [-0.05, 0) is 106 Å². The molecule has 1 aliphatic carbocycles. The van der Waals surface area contributed by atoms with Gasteiger partial charge in [0.25, 0.3) is 0 Å². The van der Waals surface area contributed by atoms with E-state index in [1.165, 1.54) is 6.42 Å². The Bertz CT molecular complexity index is 1380. The molecule has 0 aromatic heterocycles. The van der Waals surface area contributed by atoms with Gasteiger partial charge in [0, 0.05) is 30.6 Å². The van der Waals surface area contributed by atoms with E-state index in [0.29, 0.717) is 61.8 Å². The quantitative estimate of drug-likeness (QED) is 0.413. The Morgan fingerprint density at radius 2 is 1.80 bits per heavy atom. The van der Waals surface area contributed by atoms with Crippen molar-refractivity contribution in [2.24, 2.45) is 5.73 Å². The van der Waals surface area contributed by atoms with Crippen molar-refractivity contribution in [3.8, 4) is 5.75 Å². The van der Waals surface area contributed by atoms with Gasteiger partial charge in [0.15, 0.2) is 5.69 Å². The van der Waals surface area contributed by atoms with E-state index in [2.05, 4.69) is 14.5 Å². The lowest BCUT2D eigenvalue weighted by atomic mass is 10.0. The molecular formula is C30H38ClN5O4S. The number of nitrogens with zero attached hydrogens (tertiary/aromatic N) is 3. The van der Waals surface area contributed by atoms with Crippen molar-refractivity contribution >= 4 is 33.2 Å². The highest BCUT2D eigenvalue weighted by molar-refractivity contribution is 7.89. The lowest BCUT2D eigenvalue weighted by Crippen LogP contribution is -2.46. The largest absolute Gasteiger partial charge is 0.484 e. The standard InChI is InChI=1S/C30H38ClN5O4S/c1-33-27-19-21(31)18-26-25(27)20-28(35-14-3-2-4-15-35)30(26)40-23-7-9-24(10-8-23)41(38,39)34-22-11-16-36(17-12-22)29(37)6-5-13-32/h7-10,18-19,22,28,30,34H,2-6,11-17,20,32H2/t28-,30-/m0/s1. The van der Waals surface area contributed by atoms with E-state index in [9.17, 15) is 13.2 Å². The number of rotatable bonds is 9. The first-order chi connectivity index (χ1) is 19.8. The number of likely N-dealkylation sites (tertiary alicyclic amines) is 2. The zero-order valence-electron chi connectivity index (χ0n) is 23.2. The SMILES string of the molecule is [C-]#[N+]c1cc(Cl)cc2c1C[C@H](N1CCCCC1)[C@H]2Oc1ccc(S(=O)(=O)NC2CCN(C(=O)CCCN)CC2)cc1. The molecule has 0 bridgehead atoms. The van der Waals surface area contributed by atoms with E-state index in [-0.39, 0.29) is 29.0 Å². The molecule has 2 heterocycles. The number of piperidine rings is 2. The molecule has 2 aliphatic heterocycles. The Morgan fingerprint density at radius 3 is 2.46 bits per heavy atom. The van der Waals surface area contributed by atoms with Crippen LogP contribution in [0.15, 0.2) is 41.3 Å². The van der Waals surface area contributed by atoms with Crippen LogP contribution in [0.3, 0.4) is 0 Å². The summed E-state index contributed by atoms with van der Waals surface area (Å²) in [4.78, 5) is 20.4. The Hall–Kier alpha value is -2.68. The first-order valence-electron chi connectivity index (χ1n) is 14.5. The predicted octanol–water partition coefficient (Wildman–Crippen LogP) is 4.43. The number of halogens is 1. The fourth-order valence-electron chi connectivity index (χ4n) is 6.24. The molecule has 9 nitrogen and oxygen atoms in total. The van der Waals surface area contributed by atoms with Gasteiger partial charge in [-0.25, -0.2) is 18.0 Å². The third kappa shape index (κ3) is 6.87. The number of carbonyl (C=O) groups is 1. The van der Waals surface area contributed by atoms with Crippen LogP contribution in [0.5, 0.6) is 5.75 Å². The van der Waals surface area contributed by atoms with Crippen LogP contribution in [0.2, 0.25) is 5.02 Å². The Balaban J connectivity index is 1.27. The van der Waals surface area contributed by atoms with Crippen molar-refractivity contribution in [2.45, 2.75) is 74.4 Å². The molecule has 2 saturated heterocycles. The zero-order valence-corrected chi connectivity index (χ0v) is 24.8. The van der Waals surface area contributed by atoms with Gasteiger partial charge in [-0.15, -0.1) is 0 Å². The fraction of sp³-hybridized carbons (Fsp3) is 0.533. The average Bonchev–Trinajstić information content (AvgIpc) is 3.34. The Morgan fingerprint density at radius 1 is 1.10 bits per heavy atom. The van der Waals surface area contributed by atoms with Gasteiger partial charge in [-0.2, -0.15) is 0 Å². The fourth-order valence-corrected chi connectivity index (χ4v) is 7.77. The molecule has 2 aromatic carbocycles. The summed E-state index contributed by atoms with van der Waals surface area (Å²) in [5, 5.41) is 0.515. The van der Waals surface area contributed by atoms with Gasteiger partial charge in [0.2, 0.25) is 15.9 Å². The number of amides is 1. The summed E-state index contributed by atoms with van der Waals surface area (Å²) < 4.78 is 35.6. The smallest absolute Gasteiger partial charge is 0.240 e. The van der Waals surface area contributed by atoms with Crippen molar-refractivity contribution < 1.29 is 17.9 Å². The van der Waals surface area contributed by atoms with Crippen molar-refractivity contribution in [3.05, 3.63) is 64.0 Å². The maximum Gasteiger partial charge on any atom is 0.240 e. The molecule has 0 unspecified atom stereocenters. The first kappa shape index (κ1) is 29.8. The molecule has 5 rings (SSSR count). The van der Waals surface area contributed by atoms with Crippen molar-refractivity contribution in [3.63, 3.8) is 0 Å². The van der Waals surface area contributed by atoms with Crippen molar-refractivity contribution in [2.75, 3.05) is 32.7 Å².